The number of ether oxygens (including phenoxy) is 3. The summed E-state index contributed by atoms with van der Waals surface area (Å²) in [6.45, 7) is 0. The zero-order chi connectivity index (χ0) is 18.4. The third-order valence-corrected chi connectivity index (χ3v) is 4.14. The molecular weight excluding hydrogens is 354 g/mol. The predicted octanol–water partition coefficient (Wildman–Crippen LogP) is 0.408. The van der Waals surface area contributed by atoms with Crippen molar-refractivity contribution >= 4 is 22.0 Å². The number of carbonyl (C=O) groups excluding carboxylic acids is 1. The van der Waals surface area contributed by atoms with E-state index in [0.29, 0.717) is 0 Å². The van der Waals surface area contributed by atoms with E-state index in [1.54, 1.807) is 6.07 Å². The summed E-state index contributed by atoms with van der Waals surface area (Å²) >= 11 is 0. The van der Waals surface area contributed by atoms with Crippen molar-refractivity contribution in [1.82, 2.24) is 19.7 Å². The number of hydrogen-bond acceptors (Lipinski definition) is 9. The third-order valence-electron chi connectivity index (χ3n) is 2.77. The number of amides is 2. The topological polar surface area (TPSA) is 142 Å². The van der Waals surface area contributed by atoms with Crippen LogP contribution in [0, 0.1) is 0 Å². The largest absolute Gasteiger partial charge is 0.495 e. The quantitative estimate of drug-likeness (QED) is 0.740. The Kier molecular flexibility index (Phi) is 5.54. The maximum absolute atomic E-state index is 12.3. The van der Waals surface area contributed by atoms with Crippen LogP contribution in [0.15, 0.2) is 29.2 Å². The minimum Gasteiger partial charge on any atom is -0.495 e. The van der Waals surface area contributed by atoms with Crippen LogP contribution in [0.1, 0.15) is 0 Å². The second-order valence-electron chi connectivity index (χ2n) is 4.34. The average Bonchev–Trinajstić information content (AvgIpc) is 2.60. The number of sulfonamides is 1. The fourth-order valence-electron chi connectivity index (χ4n) is 1.72. The van der Waals surface area contributed by atoms with E-state index in [2.05, 4.69) is 20.3 Å². The van der Waals surface area contributed by atoms with Gasteiger partial charge in [-0.3, -0.25) is 5.32 Å². The lowest BCUT2D eigenvalue weighted by Gasteiger charge is -2.11. The van der Waals surface area contributed by atoms with Crippen molar-refractivity contribution < 1.29 is 27.4 Å². The Morgan fingerprint density at radius 3 is 2.12 bits per heavy atom. The van der Waals surface area contributed by atoms with Crippen LogP contribution in [-0.4, -0.2) is 50.7 Å². The predicted molar refractivity (Wildman–Crippen MR) is 85.3 cm³/mol. The molecule has 0 radical (unpaired) electrons. The Hall–Kier alpha value is -3.15. The number of rotatable bonds is 6. The molecule has 0 aliphatic rings. The number of benzene rings is 1. The van der Waals surface area contributed by atoms with E-state index in [9.17, 15) is 13.2 Å². The summed E-state index contributed by atoms with van der Waals surface area (Å²) in [6.07, 6.45) is 0. The lowest BCUT2D eigenvalue weighted by atomic mass is 10.3. The molecule has 0 unspecified atom stereocenters. The molecule has 25 heavy (non-hydrogen) atoms. The molecule has 11 nitrogen and oxygen atoms in total. The van der Waals surface area contributed by atoms with Crippen LogP contribution < -0.4 is 24.2 Å². The van der Waals surface area contributed by atoms with Crippen molar-refractivity contribution in [1.29, 1.82) is 0 Å². The molecule has 2 N–H and O–H groups in total. The number of nitrogens with zero attached hydrogens (tertiary/aromatic N) is 3. The van der Waals surface area contributed by atoms with Crippen molar-refractivity contribution in [3.8, 4) is 17.8 Å². The van der Waals surface area contributed by atoms with Gasteiger partial charge in [-0.1, -0.05) is 12.1 Å². The molecule has 2 rings (SSSR count). The Bertz CT molecular complexity index is 851. The second kappa shape index (κ2) is 7.61. The molecule has 0 aliphatic heterocycles. The molecule has 1 heterocycles. The summed E-state index contributed by atoms with van der Waals surface area (Å²) < 4.78 is 41.1. The van der Waals surface area contributed by atoms with Crippen LogP contribution in [0.25, 0.3) is 0 Å². The van der Waals surface area contributed by atoms with Crippen molar-refractivity contribution in [3.63, 3.8) is 0 Å². The highest BCUT2D eigenvalue weighted by atomic mass is 32.2. The van der Waals surface area contributed by atoms with Gasteiger partial charge in [-0.2, -0.15) is 9.97 Å². The summed E-state index contributed by atoms with van der Waals surface area (Å²) in [5.41, 5.74) is 0. The maximum Gasteiger partial charge on any atom is 0.335 e. The summed E-state index contributed by atoms with van der Waals surface area (Å²) in [5, 5.41) is 2.16. The molecule has 0 fully saturated rings. The molecule has 1 aromatic heterocycles. The zero-order valence-electron chi connectivity index (χ0n) is 13.5. The van der Waals surface area contributed by atoms with Crippen molar-refractivity contribution in [2.45, 2.75) is 4.90 Å². The van der Waals surface area contributed by atoms with Crippen LogP contribution >= 0.6 is 0 Å². The first-order valence-corrected chi connectivity index (χ1v) is 8.18. The molecular formula is C13H15N5O6S. The van der Waals surface area contributed by atoms with Gasteiger partial charge < -0.3 is 14.2 Å². The highest BCUT2D eigenvalue weighted by Gasteiger charge is 2.22. The fraction of sp³-hybridized carbons (Fsp3) is 0.231. The molecule has 0 aliphatic carbocycles. The number of para-hydroxylation sites is 1. The monoisotopic (exact) mass is 369 g/mol. The number of urea groups is 1. The number of methoxy groups -OCH3 is 3. The molecule has 1 aromatic carbocycles. The summed E-state index contributed by atoms with van der Waals surface area (Å²) in [7, 11) is -0.237. The van der Waals surface area contributed by atoms with E-state index in [4.69, 9.17) is 14.2 Å². The molecule has 2 amide bonds. The molecule has 12 heteroatoms. The van der Waals surface area contributed by atoms with E-state index >= 15 is 0 Å². The molecule has 0 saturated heterocycles. The summed E-state index contributed by atoms with van der Waals surface area (Å²) in [6, 6.07) is 4.53. The van der Waals surface area contributed by atoms with Crippen LogP contribution in [0.3, 0.4) is 0 Å². The van der Waals surface area contributed by atoms with E-state index in [-0.39, 0.29) is 28.6 Å². The molecule has 0 bridgehead atoms. The number of aromatic nitrogens is 3. The van der Waals surface area contributed by atoms with Gasteiger partial charge in [0.1, 0.15) is 10.6 Å². The lowest BCUT2D eigenvalue weighted by Crippen LogP contribution is -2.35. The third kappa shape index (κ3) is 4.44. The molecule has 0 spiro atoms. The molecule has 134 valence electrons. The molecule has 0 saturated carbocycles. The van der Waals surface area contributed by atoms with Crippen molar-refractivity contribution in [2.24, 2.45) is 0 Å². The SMILES string of the molecule is COc1nc(NC(=O)NS(=O)(=O)c2ccccc2OC)nc(OC)n1. The minimum atomic E-state index is -4.17. The van der Waals surface area contributed by atoms with Crippen LogP contribution in [-0.2, 0) is 10.0 Å². The number of hydrogen-bond donors (Lipinski definition) is 2. The van der Waals surface area contributed by atoms with Gasteiger partial charge in [0.15, 0.2) is 0 Å². The number of carbonyl (C=O) groups is 1. The van der Waals surface area contributed by atoms with Gasteiger partial charge in [-0.25, -0.2) is 17.9 Å². The van der Waals surface area contributed by atoms with Gasteiger partial charge in [0.2, 0.25) is 5.95 Å². The van der Waals surface area contributed by atoms with Crippen molar-refractivity contribution in [2.75, 3.05) is 26.6 Å². The summed E-state index contributed by atoms with van der Waals surface area (Å²) in [4.78, 5) is 23.1. The van der Waals surface area contributed by atoms with Gasteiger partial charge in [0, 0.05) is 0 Å². The normalized spacial score (nSPS) is 10.7. The minimum absolute atomic E-state index is 0.0892. The van der Waals surface area contributed by atoms with Gasteiger partial charge in [-0.05, 0) is 12.1 Å². The van der Waals surface area contributed by atoms with Gasteiger partial charge in [0.25, 0.3) is 10.0 Å². The molecule has 2 aromatic rings. The Balaban J connectivity index is 2.19. The van der Waals surface area contributed by atoms with Gasteiger partial charge in [0.05, 0.1) is 21.3 Å². The Morgan fingerprint density at radius 1 is 0.960 bits per heavy atom. The van der Waals surface area contributed by atoms with Gasteiger partial charge in [-0.15, -0.1) is 4.98 Å². The highest BCUT2D eigenvalue weighted by Crippen LogP contribution is 2.22. The maximum atomic E-state index is 12.3. The average molecular weight is 369 g/mol. The van der Waals surface area contributed by atoms with Gasteiger partial charge >= 0.3 is 18.1 Å². The highest BCUT2D eigenvalue weighted by molar-refractivity contribution is 7.90. The first kappa shape index (κ1) is 18.2. The number of nitrogens with one attached hydrogen (secondary N) is 2. The zero-order valence-corrected chi connectivity index (χ0v) is 14.3. The molecule has 0 atom stereocenters. The Labute approximate surface area is 143 Å². The van der Waals surface area contributed by atoms with E-state index in [1.165, 1.54) is 39.5 Å². The first-order valence-electron chi connectivity index (χ1n) is 6.70. The number of anilines is 1. The Morgan fingerprint density at radius 2 is 1.56 bits per heavy atom. The fourth-order valence-corrected chi connectivity index (χ4v) is 2.80. The smallest absolute Gasteiger partial charge is 0.335 e. The van der Waals surface area contributed by atoms with Crippen LogP contribution in [0.5, 0.6) is 17.8 Å². The van der Waals surface area contributed by atoms with E-state index in [1.807, 2.05) is 4.72 Å². The summed E-state index contributed by atoms with van der Waals surface area (Å²) in [5.74, 6) is -0.164. The van der Waals surface area contributed by atoms with Crippen LogP contribution in [0.4, 0.5) is 10.7 Å². The van der Waals surface area contributed by atoms with E-state index < -0.39 is 16.1 Å². The first-order chi connectivity index (χ1) is 11.9. The van der Waals surface area contributed by atoms with Crippen molar-refractivity contribution in [3.05, 3.63) is 24.3 Å². The van der Waals surface area contributed by atoms with E-state index in [0.717, 1.165) is 0 Å². The van der Waals surface area contributed by atoms with Crippen LogP contribution in [0.2, 0.25) is 0 Å². The lowest BCUT2D eigenvalue weighted by molar-refractivity contribution is 0.256. The second-order valence-corrected chi connectivity index (χ2v) is 5.99. The standard InChI is InChI=1S/C13H15N5O6S/c1-22-8-6-4-5-7-9(8)25(20,21)18-11(19)14-10-15-12(23-2)17-13(16-10)24-3/h4-7H,1-3H3,(H2,14,15,16,17,18,19).